The Labute approximate surface area is 164 Å². The van der Waals surface area contributed by atoms with E-state index in [0.29, 0.717) is 30.4 Å². The Balaban J connectivity index is 1.78. The topological polar surface area (TPSA) is 57.7 Å². The number of thioether (sulfide) groups is 1. The molecule has 1 amide bonds. The van der Waals surface area contributed by atoms with E-state index in [-0.39, 0.29) is 10.8 Å². The molecule has 0 N–H and O–H groups in total. The quantitative estimate of drug-likeness (QED) is 0.769. The molecular weight excluding hydrogens is 380 g/mol. The molecule has 2 aromatic carbocycles. The summed E-state index contributed by atoms with van der Waals surface area (Å²) < 4.78 is 28.1. The van der Waals surface area contributed by atoms with Crippen LogP contribution >= 0.6 is 11.8 Å². The summed E-state index contributed by atoms with van der Waals surface area (Å²) in [5.41, 5.74) is 2.50. The molecule has 2 aliphatic rings. The largest absolute Gasteiger partial charge is 0.311 e. The summed E-state index contributed by atoms with van der Waals surface area (Å²) in [6, 6.07) is 12.8. The molecule has 142 valence electrons. The van der Waals surface area contributed by atoms with Crippen molar-refractivity contribution in [1.29, 1.82) is 0 Å². The third kappa shape index (κ3) is 3.23. The first-order valence-electron chi connectivity index (χ1n) is 9.07. The highest BCUT2D eigenvalue weighted by Crippen LogP contribution is 2.40. The summed E-state index contributed by atoms with van der Waals surface area (Å²) >= 11 is 1.69. The molecule has 1 atom stereocenters. The first-order chi connectivity index (χ1) is 12.9. The van der Waals surface area contributed by atoms with Crippen molar-refractivity contribution in [2.75, 3.05) is 22.3 Å². The fourth-order valence-corrected chi connectivity index (χ4v) is 6.30. The molecule has 4 rings (SSSR count). The second-order valence-electron chi connectivity index (χ2n) is 6.97. The van der Waals surface area contributed by atoms with Gasteiger partial charge in [0.2, 0.25) is 5.91 Å². The van der Waals surface area contributed by atoms with Crippen molar-refractivity contribution in [2.45, 2.75) is 41.7 Å². The maximum atomic E-state index is 13.3. The van der Waals surface area contributed by atoms with Gasteiger partial charge in [0, 0.05) is 30.2 Å². The molecule has 0 fully saturated rings. The third-order valence-corrected chi connectivity index (χ3v) is 8.17. The van der Waals surface area contributed by atoms with Crippen LogP contribution in [0.4, 0.5) is 11.4 Å². The first-order valence-corrected chi connectivity index (χ1v) is 11.4. The van der Waals surface area contributed by atoms with E-state index in [1.165, 1.54) is 11.2 Å². The number of carbonyl (C=O) groups excluding carboxylic acids is 1. The highest BCUT2D eigenvalue weighted by atomic mass is 32.2. The smallest absolute Gasteiger partial charge is 0.264 e. The van der Waals surface area contributed by atoms with Crippen LogP contribution in [-0.2, 0) is 21.2 Å². The van der Waals surface area contributed by atoms with Gasteiger partial charge in [0.05, 0.1) is 16.3 Å². The summed E-state index contributed by atoms with van der Waals surface area (Å²) in [5.74, 6) is -0.0629. The number of para-hydroxylation sites is 1. The molecule has 2 heterocycles. The maximum absolute atomic E-state index is 13.3. The number of nitrogens with zero attached hydrogens (tertiary/aromatic N) is 2. The Bertz CT molecular complexity index is 1000. The second-order valence-corrected chi connectivity index (χ2v) is 10.3. The zero-order valence-electron chi connectivity index (χ0n) is 15.4. The van der Waals surface area contributed by atoms with Crippen LogP contribution in [0.2, 0.25) is 0 Å². The van der Waals surface area contributed by atoms with E-state index < -0.39 is 10.0 Å². The zero-order chi connectivity index (χ0) is 19.2. The Hall–Kier alpha value is -1.99. The lowest BCUT2D eigenvalue weighted by molar-refractivity contribution is -0.116. The molecule has 27 heavy (non-hydrogen) atoms. The lowest BCUT2D eigenvalue weighted by Gasteiger charge is -2.23. The molecule has 2 aliphatic heterocycles. The molecule has 0 aromatic heterocycles. The van der Waals surface area contributed by atoms with E-state index >= 15 is 0 Å². The van der Waals surface area contributed by atoms with Crippen LogP contribution in [0.25, 0.3) is 0 Å². The zero-order valence-corrected chi connectivity index (χ0v) is 17.0. The second kappa shape index (κ2) is 6.87. The van der Waals surface area contributed by atoms with Gasteiger partial charge in [-0.2, -0.15) is 0 Å². The normalized spacial score (nSPS) is 19.4. The average Bonchev–Trinajstić information content (AvgIpc) is 2.99. The molecular formula is C20H22N2O3S2. The number of fused-ring (bicyclic) bond motifs is 2. The highest BCUT2D eigenvalue weighted by molar-refractivity contribution is 8.00. The van der Waals surface area contributed by atoms with Crippen molar-refractivity contribution >= 4 is 39.1 Å². The van der Waals surface area contributed by atoms with Gasteiger partial charge >= 0.3 is 0 Å². The molecule has 2 aromatic rings. The van der Waals surface area contributed by atoms with Crippen molar-refractivity contribution < 1.29 is 13.2 Å². The number of hydrogen-bond acceptors (Lipinski definition) is 4. The predicted octanol–water partition coefficient (Wildman–Crippen LogP) is 3.68. The molecule has 0 spiro atoms. The Morgan fingerprint density at radius 3 is 2.67 bits per heavy atom. The SMILES string of the molecule is CC(=O)N1CC[C@@H](C)Sc2ccc(S(=O)(=O)N3CCc4ccccc43)cc21. The summed E-state index contributed by atoms with van der Waals surface area (Å²) in [6.07, 6.45) is 1.59. The Morgan fingerprint density at radius 1 is 1.11 bits per heavy atom. The number of carbonyl (C=O) groups is 1. The van der Waals surface area contributed by atoms with Gasteiger partial charge < -0.3 is 4.90 Å². The van der Waals surface area contributed by atoms with Crippen LogP contribution in [0.3, 0.4) is 0 Å². The fourth-order valence-electron chi connectivity index (χ4n) is 3.69. The summed E-state index contributed by atoms with van der Waals surface area (Å²) in [7, 11) is -3.67. The molecule has 5 nitrogen and oxygen atoms in total. The lowest BCUT2D eigenvalue weighted by atomic mass is 10.2. The van der Waals surface area contributed by atoms with Crippen LogP contribution in [-0.4, -0.2) is 32.7 Å². The van der Waals surface area contributed by atoms with Crippen LogP contribution in [0.5, 0.6) is 0 Å². The Morgan fingerprint density at radius 2 is 1.89 bits per heavy atom. The van der Waals surface area contributed by atoms with Crippen molar-refractivity contribution in [2.24, 2.45) is 0 Å². The van der Waals surface area contributed by atoms with E-state index in [1.54, 1.807) is 28.8 Å². The van der Waals surface area contributed by atoms with E-state index in [2.05, 4.69) is 6.92 Å². The summed E-state index contributed by atoms with van der Waals surface area (Å²) in [5, 5.41) is 0.376. The van der Waals surface area contributed by atoms with E-state index in [9.17, 15) is 13.2 Å². The molecule has 0 radical (unpaired) electrons. The standard InChI is InChI=1S/C20H22N2O3S2/c1-14-9-11-21(15(2)23)19-13-17(7-8-20(19)26-14)27(24,25)22-12-10-16-5-3-4-6-18(16)22/h3-8,13-14H,9-12H2,1-2H3/t14-/m1/s1. The van der Waals surface area contributed by atoms with Gasteiger partial charge in [-0.25, -0.2) is 8.42 Å². The van der Waals surface area contributed by atoms with E-state index in [4.69, 9.17) is 0 Å². The summed E-state index contributed by atoms with van der Waals surface area (Å²) in [6.45, 7) is 4.71. The van der Waals surface area contributed by atoms with Gasteiger partial charge in [-0.1, -0.05) is 25.1 Å². The average molecular weight is 403 g/mol. The van der Waals surface area contributed by atoms with Crippen molar-refractivity contribution in [3.05, 3.63) is 48.0 Å². The number of benzene rings is 2. The molecule has 0 bridgehead atoms. The number of sulfonamides is 1. The van der Waals surface area contributed by atoms with Gasteiger partial charge in [-0.05, 0) is 42.7 Å². The molecule has 0 saturated carbocycles. The maximum Gasteiger partial charge on any atom is 0.264 e. The van der Waals surface area contributed by atoms with Crippen molar-refractivity contribution in [3.63, 3.8) is 0 Å². The fraction of sp³-hybridized carbons (Fsp3) is 0.350. The van der Waals surface area contributed by atoms with Crippen molar-refractivity contribution in [3.8, 4) is 0 Å². The number of amides is 1. The number of anilines is 2. The first kappa shape index (κ1) is 18.4. The lowest BCUT2D eigenvalue weighted by Crippen LogP contribution is -2.31. The van der Waals surface area contributed by atoms with Crippen LogP contribution in [0.15, 0.2) is 52.3 Å². The molecule has 0 saturated heterocycles. The van der Waals surface area contributed by atoms with Crippen LogP contribution in [0.1, 0.15) is 25.8 Å². The van der Waals surface area contributed by atoms with Crippen LogP contribution < -0.4 is 9.21 Å². The minimum Gasteiger partial charge on any atom is -0.311 e. The minimum atomic E-state index is -3.67. The van der Waals surface area contributed by atoms with Gasteiger partial charge in [-0.15, -0.1) is 11.8 Å². The monoisotopic (exact) mass is 402 g/mol. The summed E-state index contributed by atoms with van der Waals surface area (Å²) in [4.78, 5) is 15.0. The highest BCUT2D eigenvalue weighted by Gasteiger charge is 2.32. The Kier molecular flexibility index (Phi) is 4.68. The predicted molar refractivity (Wildman–Crippen MR) is 109 cm³/mol. The van der Waals surface area contributed by atoms with Gasteiger partial charge in [0.25, 0.3) is 10.0 Å². The number of hydrogen-bond donors (Lipinski definition) is 0. The van der Waals surface area contributed by atoms with Gasteiger partial charge in [0.1, 0.15) is 0 Å². The molecule has 7 heteroatoms. The third-order valence-electron chi connectivity index (χ3n) is 5.12. The molecule has 0 aliphatic carbocycles. The van der Waals surface area contributed by atoms with Crippen LogP contribution in [0, 0.1) is 0 Å². The van der Waals surface area contributed by atoms with E-state index in [0.717, 1.165) is 22.6 Å². The van der Waals surface area contributed by atoms with E-state index in [1.807, 2.05) is 30.3 Å². The number of rotatable bonds is 2. The molecule has 0 unspecified atom stereocenters. The van der Waals surface area contributed by atoms with Crippen molar-refractivity contribution in [1.82, 2.24) is 0 Å². The van der Waals surface area contributed by atoms with Gasteiger partial charge in [-0.3, -0.25) is 9.10 Å². The minimum absolute atomic E-state index is 0.0629. The van der Waals surface area contributed by atoms with Gasteiger partial charge in [0.15, 0.2) is 0 Å².